The van der Waals surface area contributed by atoms with Gasteiger partial charge in [0, 0.05) is 10.9 Å². The third-order valence-corrected chi connectivity index (χ3v) is 4.38. The van der Waals surface area contributed by atoms with Crippen molar-refractivity contribution in [2.75, 3.05) is 5.32 Å². The zero-order valence-corrected chi connectivity index (χ0v) is 15.5. The van der Waals surface area contributed by atoms with Crippen LogP contribution in [0.15, 0.2) is 35.8 Å². The zero-order valence-electron chi connectivity index (χ0n) is 14.7. The van der Waals surface area contributed by atoms with Gasteiger partial charge in [0.2, 0.25) is 0 Å². The maximum absolute atomic E-state index is 12.8. The topological polar surface area (TPSA) is 72.7 Å². The van der Waals surface area contributed by atoms with Crippen molar-refractivity contribution in [3.05, 3.63) is 47.1 Å². The molecule has 0 aliphatic heterocycles. The second kappa shape index (κ2) is 6.76. The minimum Gasteiger partial charge on any atom is -0.296 e. The van der Waals surface area contributed by atoms with Crippen LogP contribution in [0.3, 0.4) is 0 Å². The largest absolute Gasteiger partial charge is 0.416 e. The summed E-state index contributed by atoms with van der Waals surface area (Å²) >= 11 is 1.11. The Balaban J connectivity index is 1.77. The Morgan fingerprint density at radius 1 is 1.22 bits per heavy atom. The molecule has 10 heteroatoms. The fourth-order valence-electron chi connectivity index (χ4n) is 2.18. The standard InChI is InChI=1S/C17H16F3N5OS/c1-16(2,3)25-8-12(23-24-25)14(26)22-15-21-13(9-27-15)10-5-4-6-11(7-10)17(18,19)20/h4-9H,1-3H3,(H,21,22,26). The van der Waals surface area contributed by atoms with Crippen molar-refractivity contribution in [2.45, 2.75) is 32.5 Å². The lowest BCUT2D eigenvalue weighted by atomic mass is 10.1. The zero-order chi connectivity index (χ0) is 19.8. The summed E-state index contributed by atoms with van der Waals surface area (Å²) in [6, 6.07) is 4.87. The quantitative estimate of drug-likeness (QED) is 0.712. The van der Waals surface area contributed by atoms with Crippen LogP contribution in [0, 0.1) is 0 Å². The fourth-order valence-corrected chi connectivity index (χ4v) is 2.89. The summed E-state index contributed by atoms with van der Waals surface area (Å²) in [7, 11) is 0. The summed E-state index contributed by atoms with van der Waals surface area (Å²) in [5.41, 5.74) is -0.276. The molecule has 2 heterocycles. The first-order chi connectivity index (χ1) is 12.5. The van der Waals surface area contributed by atoms with E-state index >= 15 is 0 Å². The number of halogens is 3. The molecule has 0 bridgehead atoms. The average Bonchev–Trinajstić information content (AvgIpc) is 3.23. The molecule has 3 aromatic rings. The smallest absolute Gasteiger partial charge is 0.296 e. The van der Waals surface area contributed by atoms with E-state index in [1.165, 1.54) is 18.3 Å². The van der Waals surface area contributed by atoms with E-state index in [9.17, 15) is 18.0 Å². The van der Waals surface area contributed by atoms with Crippen molar-refractivity contribution >= 4 is 22.4 Å². The molecule has 1 N–H and O–H groups in total. The van der Waals surface area contributed by atoms with E-state index in [-0.39, 0.29) is 16.4 Å². The van der Waals surface area contributed by atoms with Gasteiger partial charge in [0.15, 0.2) is 10.8 Å². The monoisotopic (exact) mass is 395 g/mol. The molecule has 0 unspecified atom stereocenters. The summed E-state index contributed by atoms with van der Waals surface area (Å²) in [5, 5.41) is 12.2. The summed E-state index contributed by atoms with van der Waals surface area (Å²) in [6.45, 7) is 5.77. The van der Waals surface area contributed by atoms with E-state index in [0.29, 0.717) is 11.3 Å². The molecule has 0 fully saturated rings. The molecule has 0 saturated heterocycles. The molecule has 3 rings (SSSR count). The summed E-state index contributed by atoms with van der Waals surface area (Å²) in [5.74, 6) is -0.490. The molecule has 0 aliphatic carbocycles. The highest BCUT2D eigenvalue weighted by Gasteiger charge is 2.30. The molecule has 2 aromatic heterocycles. The van der Waals surface area contributed by atoms with Gasteiger partial charge in [-0.2, -0.15) is 13.2 Å². The van der Waals surface area contributed by atoms with Gasteiger partial charge in [-0.1, -0.05) is 17.3 Å². The van der Waals surface area contributed by atoms with E-state index in [4.69, 9.17) is 0 Å². The molecule has 142 valence electrons. The first kappa shape index (κ1) is 19.0. The lowest BCUT2D eigenvalue weighted by Crippen LogP contribution is -2.22. The highest BCUT2D eigenvalue weighted by Crippen LogP contribution is 2.33. The minimum atomic E-state index is -4.43. The van der Waals surface area contributed by atoms with Crippen molar-refractivity contribution in [1.29, 1.82) is 0 Å². The second-order valence-corrected chi connectivity index (χ2v) is 7.65. The van der Waals surface area contributed by atoms with E-state index in [2.05, 4.69) is 20.6 Å². The number of hydrogen-bond acceptors (Lipinski definition) is 5. The number of hydrogen-bond donors (Lipinski definition) is 1. The molecule has 27 heavy (non-hydrogen) atoms. The van der Waals surface area contributed by atoms with Gasteiger partial charge in [0.1, 0.15) is 0 Å². The Hall–Kier alpha value is -2.75. The Labute approximate surface area is 157 Å². The number of nitrogens with one attached hydrogen (secondary N) is 1. The van der Waals surface area contributed by atoms with Crippen LogP contribution in [0.5, 0.6) is 0 Å². The minimum absolute atomic E-state index is 0.126. The van der Waals surface area contributed by atoms with Crippen molar-refractivity contribution in [2.24, 2.45) is 0 Å². The van der Waals surface area contributed by atoms with Crippen LogP contribution in [-0.2, 0) is 11.7 Å². The Bertz CT molecular complexity index is 971. The molecular formula is C17H16F3N5OS. The maximum Gasteiger partial charge on any atom is 0.416 e. The average molecular weight is 395 g/mol. The predicted octanol–water partition coefficient (Wildman–Crippen LogP) is 4.43. The van der Waals surface area contributed by atoms with Crippen LogP contribution in [0.1, 0.15) is 36.8 Å². The van der Waals surface area contributed by atoms with Gasteiger partial charge in [-0.25, -0.2) is 9.67 Å². The number of thiazole rings is 1. The van der Waals surface area contributed by atoms with Gasteiger partial charge >= 0.3 is 6.18 Å². The fraction of sp³-hybridized carbons (Fsp3) is 0.294. The number of anilines is 1. The molecule has 6 nitrogen and oxygen atoms in total. The molecule has 1 amide bonds. The number of amides is 1. The van der Waals surface area contributed by atoms with Crippen molar-refractivity contribution < 1.29 is 18.0 Å². The van der Waals surface area contributed by atoms with Gasteiger partial charge < -0.3 is 0 Å². The van der Waals surface area contributed by atoms with Crippen LogP contribution in [0.25, 0.3) is 11.3 Å². The lowest BCUT2D eigenvalue weighted by molar-refractivity contribution is -0.137. The van der Waals surface area contributed by atoms with Gasteiger partial charge in [0.05, 0.1) is 23.0 Å². The predicted molar refractivity (Wildman–Crippen MR) is 95.5 cm³/mol. The molecule has 0 aliphatic rings. The normalized spacial score (nSPS) is 12.2. The Morgan fingerprint density at radius 2 is 1.96 bits per heavy atom. The number of rotatable bonds is 3. The van der Waals surface area contributed by atoms with Crippen LogP contribution >= 0.6 is 11.3 Å². The highest BCUT2D eigenvalue weighted by molar-refractivity contribution is 7.14. The number of alkyl halides is 3. The summed E-state index contributed by atoms with van der Waals surface area (Å²) < 4.78 is 40.1. The molecule has 0 atom stereocenters. The van der Waals surface area contributed by atoms with E-state index in [0.717, 1.165) is 23.5 Å². The second-order valence-electron chi connectivity index (χ2n) is 6.79. The Morgan fingerprint density at radius 3 is 2.59 bits per heavy atom. The molecule has 1 aromatic carbocycles. The van der Waals surface area contributed by atoms with E-state index in [1.807, 2.05) is 20.8 Å². The summed E-state index contributed by atoms with van der Waals surface area (Å²) in [6.07, 6.45) is -2.90. The van der Waals surface area contributed by atoms with Crippen molar-refractivity contribution in [3.63, 3.8) is 0 Å². The van der Waals surface area contributed by atoms with Gasteiger partial charge in [0.25, 0.3) is 5.91 Å². The number of carbonyl (C=O) groups excluding carboxylic acids is 1. The summed E-state index contributed by atoms with van der Waals surface area (Å²) in [4.78, 5) is 16.5. The highest BCUT2D eigenvalue weighted by atomic mass is 32.1. The van der Waals surface area contributed by atoms with Gasteiger partial charge in [-0.05, 0) is 32.9 Å². The van der Waals surface area contributed by atoms with Crippen LogP contribution in [0.4, 0.5) is 18.3 Å². The SMILES string of the molecule is CC(C)(C)n1cc(C(=O)Nc2nc(-c3cccc(C(F)(F)F)c3)cs2)nn1. The number of aromatic nitrogens is 4. The first-order valence-corrected chi connectivity index (χ1v) is 8.79. The third kappa shape index (κ3) is 4.33. The van der Waals surface area contributed by atoms with Gasteiger partial charge in [-0.3, -0.25) is 10.1 Å². The van der Waals surface area contributed by atoms with Crippen LogP contribution in [0.2, 0.25) is 0 Å². The van der Waals surface area contributed by atoms with Crippen LogP contribution in [-0.4, -0.2) is 25.9 Å². The van der Waals surface area contributed by atoms with Gasteiger partial charge in [-0.15, -0.1) is 16.4 Å². The van der Waals surface area contributed by atoms with Crippen LogP contribution < -0.4 is 5.32 Å². The number of nitrogens with zero attached hydrogens (tertiary/aromatic N) is 4. The number of carbonyl (C=O) groups is 1. The third-order valence-electron chi connectivity index (χ3n) is 3.62. The molecule has 0 saturated carbocycles. The van der Waals surface area contributed by atoms with E-state index in [1.54, 1.807) is 10.1 Å². The van der Waals surface area contributed by atoms with Crippen molar-refractivity contribution in [1.82, 2.24) is 20.0 Å². The lowest BCUT2D eigenvalue weighted by Gasteiger charge is -2.17. The van der Waals surface area contributed by atoms with Crippen molar-refractivity contribution in [3.8, 4) is 11.3 Å². The molecule has 0 radical (unpaired) electrons. The number of benzene rings is 1. The molecular weight excluding hydrogens is 379 g/mol. The molecule has 0 spiro atoms. The maximum atomic E-state index is 12.8. The van der Waals surface area contributed by atoms with E-state index < -0.39 is 17.6 Å². The Kier molecular flexibility index (Phi) is 4.77. The first-order valence-electron chi connectivity index (χ1n) is 7.91.